The lowest BCUT2D eigenvalue weighted by Crippen LogP contribution is -2.25. The number of carbonyl (C=O) groups is 1. The molecule has 0 saturated heterocycles. The van der Waals surface area contributed by atoms with Crippen molar-refractivity contribution in [3.63, 3.8) is 0 Å². The quantitative estimate of drug-likeness (QED) is 0.321. The molecule has 1 amide bonds. The number of anilines is 1. The van der Waals surface area contributed by atoms with Crippen molar-refractivity contribution in [1.82, 2.24) is 10.1 Å². The Balaban J connectivity index is 1.77. The molecular formula is C26H21FN4O2S. The number of carbonyl (C=O) groups excluding carboxylic acids is 1. The number of halogens is 1. The predicted octanol–water partition coefficient (Wildman–Crippen LogP) is 6.23. The molecule has 0 radical (unpaired) electrons. The van der Waals surface area contributed by atoms with E-state index >= 15 is 0 Å². The molecule has 0 bridgehead atoms. The summed E-state index contributed by atoms with van der Waals surface area (Å²) in [5.74, 6) is 0.236. The van der Waals surface area contributed by atoms with E-state index in [9.17, 15) is 14.4 Å². The molecule has 8 heteroatoms. The zero-order valence-corrected chi connectivity index (χ0v) is 19.4. The summed E-state index contributed by atoms with van der Waals surface area (Å²) in [7, 11) is 0. The Labute approximate surface area is 200 Å². The average Bonchev–Trinajstić information content (AvgIpc) is 3.26. The SMILES string of the molecule is CCC(Sc1nc(-c2ccccc2)cc(-c2cccc(F)c2)c1C#N)C(=O)Nc1cc(C)on1. The highest BCUT2D eigenvalue weighted by Gasteiger charge is 2.24. The predicted molar refractivity (Wildman–Crippen MR) is 130 cm³/mol. The summed E-state index contributed by atoms with van der Waals surface area (Å²) in [4.78, 5) is 17.7. The second kappa shape index (κ2) is 10.3. The molecule has 4 rings (SSSR count). The van der Waals surface area contributed by atoms with Crippen LogP contribution in [0.1, 0.15) is 24.7 Å². The number of hydrogen-bond donors (Lipinski definition) is 1. The largest absolute Gasteiger partial charge is 0.360 e. The summed E-state index contributed by atoms with van der Waals surface area (Å²) in [6.45, 7) is 3.62. The van der Waals surface area contributed by atoms with E-state index in [1.54, 1.807) is 31.2 Å². The molecule has 0 aliphatic heterocycles. The molecule has 0 fully saturated rings. The third kappa shape index (κ3) is 5.16. The minimum Gasteiger partial charge on any atom is -0.360 e. The first-order valence-electron chi connectivity index (χ1n) is 10.7. The zero-order chi connectivity index (χ0) is 24.1. The van der Waals surface area contributed by atoms with Crippen LogP contribution in [0.4, 0.5) is 10.2 Å². The van der Waals surface area contributed by atoms with Gasteiger partial charge >= 0.3 is 0 Å². The fraction of sp³-hybridized carbons (Fsp3) is 0.154. The smallest absolute Gasteiger partial charge is 0.239 e. The molecule has 2 aromatic heterocycles. The first-order chi connectivity index (χ1) is 16.5. The first kappa shape index (κ1) is 23.2. The summed E-state index contributed by atoms with van der Waals surface area (Å²) in [6, 6.07) is 21.2. The van der Waals surface area contributed by atoms with Crippen molar-refractivity contribution in [1.29, 1.82) is 5.26 Å². The highest BCUT2D eigenvalue weighted by Crippen LogP contribution is 2.36. The number of thioether (sulfide) groups is 1. The number of amides is 1. The average molecular weight is 473 g/mol. The normalized spacial score (nSPS) is 11.6. The van der Waals surface area contributed by atoms with Gasteiger partial charge in [-0.05, 0) is 37.1 Å². The molecular weight excluding hydrogens is 451 g/mol. The van der Waals surface area contributed by atoms with Crippen molar-refractivity contribution >= 4 is 23.5 Å². The Morgan fingerprint density at radius 1 is 1.15 bits per heavy atom. The standard InChI is InChI=1S/C26H21FN4O2S/c1-3-23(25(32)30-24-12-16(2)33-31-24)34-26-21(15-28)20(18-10-7-11-19(27)13-18)14-22(29-26)17-8-5-4-6-9-17/h4-14,23H,3H2,1-2H3,(H,30,31,32). The third-order valence-electron chi connectivity index (χ3n) is 5.10. The second-order valence-electron chi connectivity index (χ2n) is 7.55. The fourth-order valence-electron chi connectivity index (χ4n) is 3.44. The molecule has 6 nitrogen and oxygen atoms in total. The summed E-state index contributed by atoms with van der Waals surface area (Å²) >= 11 is 1.20. The van der Waals surface area contributed by atoms with Crippen molar-refractivity contribution < 1.29 is 13.7 Å². The maximum atomic E-state index is 14.0. The van der Waals surface area contributed by atoms with E-state index in [-0.39, 0.29) is 5.91 Å². The Morgan fingerprint density at radius 3 is 2.56 bits per heavy atom. The van der Waals surface area contributed by atoms with Gasteiger partial charge in [0.25, 0.3) is 0 Å². The third-order valence-corrected chi connectivity index (χ3v) is 6.45. The number of benzene rings is 2. The van der Waals surface area contributed by atoms with Gasteiger partial charge in [0.15, 0.2) is 5.82 Å². The van der Waals surface area contributed by atoms with Crippen LogP contribution >= 0.6 is 11.8 Å². The molecule has 0 aliphatic carbocycles. The van der Waals surface area contributed by atoms with Gasteiger partial charge in [0, 0.05) is 17.2 Å². The number of aromatic nitrogens is 2. The number of nitriles is 1. The van der Waals surface area contributed by atoms with Gasteiger partial charge in [-0.15, -0.1) is 0 Å². The van der Waals surface area contributed by atoms with E-state index < -0.39 is 11.1 Å². The van der Waals surface area contributed by atoms with Gasteiger partial charge < -0.3 is 9.84 Å². The van der Waals surface area contributed by atoms with E-state index in [2.05, 4.69) is 16.5 Å². The molecule has 34 heavy (non-hydrogen) atoms. The summed E-state index contributed by atoms with van der Waals surface area (Å²) < 4.78 is 19.0. The highest BCUT2D eigenvalue weighted by atomic mass is 32.2. The van der Waals surface area contributed by atoms with Crippen LogP contribution in [-0.4, -0.2) is 21.3 Å². The number of pyridine rings is 1. The monoisotopic (exact) mass is 472 g/mol. The van der Waals surface area contributed by atoms with Crippen LogP contribution in [0.15, 0.2) is 76.3 Å². The molecule has 1 atom stereocenters. The summed E-state index contributed by atoms with van der Waals surface area (Å²) in [5.41, 5.74) is 2.89. The van der Waals surface area contributed by atoms with Crippen LogP contribution in [0.5, 0.6) is 0 Å². The number of nitrogens with zero attached hydrogens (tertiary/aromatic N) is 3. The molecule has 0 aliphatic rings. The molecule has 1 unspecified atom stereocenters. The maximum absolute atomic E-state index is 14.0. The number of nitrogens with one attached hydrogen (secondary N) is 1. The molecule has 1 N–H and O–H groups in total. The van der Waals surface area contributed by atoms with Gasteiger partial charge in [0.1, 0.15) is 22.7 Å². The Hall–Kier alpha value is -3.96. The van der Waals surface area contributed by atoms with Crippen LogP contribution in [0.2, 0.25) is 0 Å². The lowest BCUT2D eigenvalue weighted by molar-refractivity contribution is -0.115. The van der Waals surface area contributed by atoms with Gasteiger partial charge in [-0.3, -0.25) is 4.79 Å². The van der Waals surface area contributed by atoms with Crippen LogP contribution in [0.3, 0.4) is 0 Å². The van der Waals surface area contributed by atoms with E-state index in [1.165, 1.54) is 23.9 Å². The van der Waals surface area contributed by atoms with Gasteiger partial charge in [-0.2, -0.15) is 5.26 Å². The van der Waals surface area contributed by atoms with Gasteiger partial charge in [0.05, 0.1) is 16.5 Å². The summed E-state index contributed by atoms with van der Waals surface area (Å²) in [6.07, 6.45) is 0.491. The van der Waals surface area contributed by atoms with Crippen molar-refractivity contribution in [3.8, 4) is 28.5 Å². The zero-order valence-electron chi connectivity index (χ0n) is 18.6. The van der Waals surface area contributed by atoms with E-state index in [0.717, 1.165) is 5.56 Å². The number of aryl methyl sites for hydroxylation is 1. The number of hydrogen-bond acceptors (Lipinski definition) is 6. The first-order valence-corrected chi connectivity index (χ1v) is 11.5. The van der Waals surface area contributed by atoms with Crippen LogP contribution < -0.4 is 5.32 Å². The van der Waals surface area contributed by atoms with Gasteiger partial charge in [0.2, 0.25) is 5.91 Å². The minimum atomic E-state index is -0.539. The fourth-order valence-corrected chi connectivity index (χ4v) is 4.47. The second-order valence-corrected chi connectivity index (χ2v) is 8.74. The van der Waals surface area contributed by atoms with Crippen molar-refractivity contribution in [3.05, 3.63) is 83.9 Å². The lowest BCUT2D eigenvalue weighted by Gasteiger charge is -2.17. The Bertz CT molecular complexity index is 1360. The van der Waals surface area contributed by atoms with E-state index in [1.807, 2.05) is 37.3 Å². The minimum absolute atomic E-state index is 0.274. The van der Waals surface area contributed by atoms with Gasteiger partial charge in [-0.1, -0.05) is 66.3 Å². The molecule has 0 spiro atoms. The lowest BCUT2D eigenvalue weighted by atomic mass is 9.99. The van der Waals surface area contributed by atoms with E-state index in [4.69, 9.17) is 9.51 Å². The van der Waals surface area contributed by atoms with Crippen LogP contribution in [0, 0.1) is 24.1 Å². The van der Waals surface area contributed by atoms with Crippen molar-refractivity contribution in [2.75, 3.05) is 5.32 Å². The molecule has 2 heterocycles. The maximum Gasteiger partial charge on any atom is 0.239 e. The summed E-state index contributed by atoms with van der Waals surface area (Å²) in [5, 5.41) is 16.5. The molecule has 0 saturated carbocycles. The van der Waals surface area contributed by atoms with Gasteiger partial charge in [-0.25, -0.2) is 9.37 Å². The highest BCUT2D eigenvalue weighted by molar-refractivity contribution is 8.00. The van der Waals surface area contributed by atoms with Crippen LogP contribution in [0.25, 0.3) is 22.4 Å². The Kier molecular flexibility index (Phi) is 7.04. The van der Waals surface area contributed by atoms with Crippen LogP contribution in [-0.2, 0) is 4.79 Å². The topological polar surface area (TPSA) is 91.8 Å². The molecule has 170 valence electrons. The van der Waals surface area contributed by atoms with Crippen molar-refractivity contribution in [2.24, 2.45) is 0 Å². The van der Waals surface area contributed by atoms with Crippen molar-refractivity contribution in [2.45, 2.75) is 30.5 Å². The molecule has 2 aromatic carbocycles. The van der Waals surface area contributed by atoms with E-state index in [0.29, 0.717) is 45.4 Å². The molecule has 4 aromatic rings. The Morgan fingerprint density at radius 2 is 1.91 bits per heavy atom. The number of rotatable bonds is 7.